The van der Waals surface area contributed by atoms with Crippen LogP contribution >= 0.6 is 11.8 Å². The Hall–Kier alpha value is -1.75. The lowest BCUT2D eigenvalue weighted by molar-refractivity contribution is -0.127. The number of hydrogen-bond donors (Lipinski definition) is 2. The third-order valence-corrected chi connectivity index (χ3v) is 4.32. The first kappa shape index (κ1) is 16.6. The Kier molecular flexibility index (Phi) is 7.03. The Bertz CT molecular complexity index is 517. The molecule has 0 aromatic heterocycles. The lowest BCUT2D eigenvalue weighted by Gasteiger charge is -2.14. The van der Waals surface area contributed by atoms with E-state index in [1.807, 2.05) is 42.5 Å². The number of nitrogens with one attached hydrogen (secondary N) is 2. The first-order chi connectivity index (χ1) is 10.8. The highest BCUT2D eigenvalue weighted by molar-refractivity contribution is 8.00. The second-order valence-electron chi connectivity index (χ2n) is 5.24. The normalized spacial score (nSPS) is 18.7. The summed E-state index contributed by atoms with van der Waals surface area (Å²) in [4.78, 5) is 23.6. The molecule has 4 nitrogen and oxygen atoms in total. The fraction of sp³-hybridized carbons (Fsp3) is 0.412. The molecule has 2 amide bonds. The van der Waals surface area contributed by atoms with E-state index < -0.39 is 0 Å². The van der Waals surface area contributed by atoms with Gasteiger partial charge >= 0.3 is 0 Å². The second-order valence-corrected chi connectivity index (χ2v) is 6.27. The fourth-order valence-corrected chi connectivity index (χ4v) is 2.90. The molecule has 1 aromatic carbocycles. The third-order valence-electron chi connectivity index (χ3n) is 3.43. The smallest absolute Gasteiger partial charge is 0.242 e. The molecule has 1 aliphatic rings. The summed E-state index contributed by atoms with van der Waals surface area (Å²) in [6.07, 6.45) is 6.78. The minimum absolute atomic E-state index is 0.0557. The molecule has 0 radical (unpaired) electrons. The summed E-state index contributed by atoms with van der Waals surface area (Å²) in [5.74, 6) is 1.03. The molecule has 1 saturated heterocycles. The molecule has 2 N–H and O–H groups in total. The first-order valence-electron chi connectivity index (χ1n) is 7.62. The van der Waals surface area contributed by atoms with E-state index in [-0.39, 0.29) is 17.9 Å². The summed E-state index contributed by atoms with van der Waals surface area (Å²) in [5, 5.41) is 5.64. The summed E-state index contributed by atoms with van der Waals surface area (Å²) in [5.41, 5.74) is 1.16. The van der Waals surface area contributed by atoms with Gasteiger partial charge in [-0.25, -0.2) is 0 Å². The number of thioether (sulfide) groups is 1. The van der Waals surface area contributed by atoms with Gasteiger partial charge in [0.25, 0.3) is 0 Å². The van der Waals surface area contributed by atoms with Gasteiger partial charge in [-0.2, -0.15) is 0 Å². The van der Waals surface area contributed by atoms with E-state index in [9.17, 15) is 9.59 Å². The van der Waals surface area contributed by atoms with Gasteiger partial charge in [0, 0.05) is 12.3 Å². The zero-order valence-corrected chi connectivity index (χ0v) is 13.4. The number of carbonyl (C=O) groups is 2. The average molecular weight is 318 g/mol. The van der Waals surface area contributed by atoms with E-state index >= 15 is 0 Å². The Morgan fingerprint density at radius 2 is 2.14 bits per heavy atom. The predicted molar refractivity (Wildman–Crippen MR) is 91.6 cm³/mol. The highest BCUT2D eigenvalue weighted by atomic mass is 32.2. The summed E-state index contributed by atoms with van der Waals surface area (Å²) >= 11 is 1.55. The van der Waals surface area contributed by atoms with Crippen LogP contribution in [0.3, 0.4) is 0 Å². The Labute approximate surface area is 135 Å². The molecule has 22 heavy (non-hydrogen) atoms. The molecular weight excluding hydrogens is 296 g/mol. The highest BCUT2D eigenvalue weighted by Gasteiger charge is 2.21. The summed E-state index contributed by atoms with van der Waals surface area (Å²) in [6, 6.07) is 9.70. The van der Waals surface area contributed by atoms with Gasteiger partial charge in [-0.05, 0) is 24.8 Å². The van der Waals surface area contributed by atoms with Crippen LogP contribution in [0.4, 0.5) is 0 Å². The van der Waals surface area contributed by atoms with Gasteiger partial charge in [0.05, 0.1) is 5.75 Å². The molecule has 1 fully saturated rings. The number of benzene rings is 1. The van der Waals surface area contributed by atoms with E-state index in [2.05, 4.69) is 10.6 Å². The maximum atomic E-state index is 11.9. The largest absolute Gasteiger partial charge is 0.354 e. The van der Waals surface area contributed by atoms with Crippen molar-refractivity contribution < 1.29 is 9.59 Å². The molecule has 1 atom stereocenters. The van der Waals surface area contributed by atoms with Crippen molar-refractivity contribution >= 4 is 29.7 Å². The molecular formula is C17H22N2O2S. The molecule has 118 valence electrons. The van der Waals surface area contributed by atoms with Crippen LogP contribution in [0.25, 0.3) is 6.08 Å². The summed E-state index contributed by atoms with van der Waals surface area (Å²) in [6.45, 7) is 0.713. The number of hydrogen-bond acceptors (Lipinski definition) is 3. The predicted octanol–water partition coefficient (Wildman–Crippen LogP) is 2.22. The van der Waals surface area contributed by atoms with Gasteiger partial charge in [0.1, 0.15) is 6.04 Å². The molecule has 2 rings (SSSR count). The Morgan fingerprint density at radius 1 is 1.32 bits per heavy atom. The van der Waals surface area contributed by atoms with Crippen molar-refractivity contribution in [2.45, 2.75) is 25.3 Å². The molecule has 0 unspecified atom stereocenters. The van der Waals surface area contributed by atoms with Crippen molar-refractivity contribution in [2.75, 3.05) is 18.1 Å². The zero-order chi connectivity index (χ0) is 15.6. The monoisotopic (exact) mass is 318 g/mol. The maximum Gasteiger partial charge on any atom is 0.242 e. The van der Waals surface area contributed by atoms with Crippen molar-refractivity contribution in [3.63, 3.8) is 0 Å². The molecule has 0 aliphatic carbocycles. The Morgan fingerprint density at radius 3 is 2.95 bits per heavy atom. The Balaban J connectivity index is 1.65. The van der Waals surface area contributed by atoms with Crippen LogP contribution in [0.2, 0.25) is 0 Å². The van der Waals surface area contributed by atoms with Gasteiger partial charge in [0.15, 0.2) is 0 Å². The first-order valence-corrected chi connectivity index (χ1v) is 8.77. The summed E-state index contributed by atoms with van der Waals surface area (Å²) in [7, 11) is 0. The second kappa shape index (κ2) is 9.30. The van der Waals surface area contributed by atoms with Crippen molar-refractivity contribution in [1.82, 2.24) is 10.6 Å². The van der Waals surface area contributed by atoms with Crippen LogP contribution in [0.5, 0.6) is 0 Å². The van der Waals surface area contributed by atoms with Crippen molar-refractivity contribution in [2.24, 2.45) is 0 Å². The molecule has 5 heteroatoms. The minimum atomic E-state index is -0.365. The fourth-order valence-electron chi connectivity index (χ4n) is 2.28. The lowest BCUT2D eigenvalue weighted by Crippen LogP contribution is -2.46. The van der Waals surface area contributed by atoms with Gasteiger partial charge in [-0.3, -0.25) is 9.59 Å². The van der Waals surface area contributed by atoms with E-state index in [1.165, 1.54) is 0 Å². The van der Waals surface area contributed by atoms with Crippen LogP contribution in [0.1, 0.15) is 24.8 Å². The van der Waals surface area contributed by atoms with E-state index in [1.54, 1.807) is 11.8 Å². The maximum absolute atomic E-state index is 11.9. The molecule has 0 saturated carbocycles. The van der Waals surface area contributed by atoms with Gasteiger partial charge in [-0.1, -0.05) is 42.5 Å². The molecule has 1 aliphatic heterocycles. The molecule has 0 bridgehead atoms. The number of amides is 2. The summed E-state index contributed by atoms with van der Waals surface area (Å²) < 4.78 is 0. The highest BCUT2D eigenvalue weighted by Crippen LogP contribution is 2.07. The topological polar surface area (TPSA) is 58.2 Å². The molecule has 1 aromatic rings. The van der Waals surface area contributed by atoms with Crippen molar-refractivity contribution in [1.29, 1.82) is 0 Å². The van der Waals surface area contributed by atoms with E-state index in [0.29, 0.717) is 12.3 Å². The van der Waals surface area contributed by atoms with Crippen LogP contribution in [-0.4, -0.2) is 35.9 Å². The van der Waals surface area contributed by atoms with Crippen LogP contribution in [0, 0.1) is 0 Å². The number of carbonyl (C=O) groups excluding carboxylic acids is 2. The van der Waals surface area contributed by atoms with E-state index in [4.69, 9.17) is 0 Å². The van der Waals surface area contributed by atoms with Gasteiger partial charge < -0.3 is 10.6 Å². The van der Waals surface area contributed by atoms with Crippen molar-refractivity contribution in [3.05, 3.63) is 42.0 Å². The molecule has 0 spiro atoms. The van der Waals surface area contributed by atoms with Crippen LogP contribution in [-0.2, 0) is 9.59 Å². The number of rotatable bonds is 6. The standard InChI is InChI=1S/C17H22N2O2S/c20-16(19-15-10-4-5-11-18-17(15)21)13-22-12-6-9-14-7-2-1-3-8-14/h1-3,6-9,15H,4-5,10-13H2,(H,18,21)(H,19,20)/b9-6+/t15-/m1/s1. The molecule has 1 heterocycles. The lowest BCUT2D eigenvalue weighted by atomic mass is 10.1. The third kappa shape index (κ3) is 5.93. The van der Waals surface area contributed by atoms with Crippen LogP contribution < -0.4 is 10.6 Å². The van der Waals surface area contributed by atoms with E-state index in [0.717, 1.165) is 30.6 Å². The van der Waals surface area contributed by atoms with Crippen LogP contribution in [0.15, 0.2) is 36.4 Å². The van der Waals surface area contributed by atoms with Crippen molar-refractivity contribution in [3.8, 4) is 0 Å². The quantitative estimate of drug-likeness (QED) is 0.791. The van der Waals surface area contributed by atoms with Gasteiger partial charge in [0.2, 0.25) is 11.8 Å². The zero-order valence-electron chi connectivity index (χ0n) is 12.6. The van der Waals surface area contributed by atoms with Gasteiger partial charge in [-0.15, -0.1) is 11.8 Å². The minimum Gasteiger partial charge on any atom is -0.354 e. The average Bonchev–Trinajstić information content (AvgIpc) is 2.73. The SMILES string of the molecule is O=C(CSC/C=C/c1ccccc1)N[C@@H]1CCCCNC1=O.